The summed E-state index contributed by atoms with van der Waals surface area (Å²) in [5, 5.41) is 1.26. The number of carbonyl (C=O) groups excluding carboxylic acids is 1. The number of nitrogens with one attached hydrogen (secondary N) is 3. The van der Waals surface area contributed by atoms with E-state index in [1.54, 1.807) is 25.3 Å². The van der Waals surface area contributed by atoms with E-state index in [1.165, 1.54) is 12.1 Å². The second-order valence-electron chi connectivity index (χ2n) is 5.38. The van der Waals surface area contributed by atoms with Crippen LogP contribution in [0.5, 0.6) is 0 Å². The van der Waals surface area contributed by atoms with Crippen molar-refractivity contribution in [2.45, 2.75) is 18.2 Å². The average molecular weight is 363 g/mol. The average Bonchev–Trinajstić information content (AvgIpc) is 3.05. The maximum Gasteiger partial charge on any atom is 0.307 e. The van der Waals surface area contributed by atoms with Gasteiger partial charge in [-0.05, 0) is 31.2 Å². The van der Waals surface area contributed by atoms with E-state index in [2.05, 4.69) is 14.7 Å². The predicted octanol–water partition coefficient (Wildman–Crippen LogP) is 1.24. The molecule has 25 heavy (non-hydrogen) atoms. The number of pyridine rings is 1. The number of carbonyl (C=O) groups is 1. The molecule has 132 valence electrons. The van der Waals surface area contributed by atoms with E-state index in [0.29, 0.717) is 21.8 Å². The molecule has 2 heterocycles. The minimum absolute atomic E-state index is 0.0456. The highest BCUT2D eigenvalue weighted by molar-refractivity contribution is 7.89. The first-order chi connectivity index (χ1) is 11.9. The fourth-order valence-electron chi connectivity index (χ4n) is 2.59. The van der Waals surface area contributed by atoms with E-state index in [4.69, 9.17) is 4.74 Å². The minimum Gasteiger partial charge on any atom is -0.466 e. The fraction of sp³-hybridized carbons (Fsp3) is 0.250. The molecule has 0 aliphatic carbocycles. The van der Waals surface area contributed by atoms with Crippen molar-refractivity contribution in [3.63, 3.8) is 0 Å². The van der Waals surface area contributed by atoms with Crippen LogP contribution in [0.15, 0.2) is 40.2 Å². The number of H-pyrrole nitrogens is 2. The number of aromatic nitrogens is 2. The first-order valence-corrected chi connectivity index (χ1v) is 9.19. The molecule has 3 N–H and O–H groups in total. The molecule has 0 unspecified atom stereocenters. The molecule has 0 fully saturated rings. The summed E-state index contributed by atoms with van der Waals surface area (Å²) in [6.45, 7) is 1.88. The van der Waals surface area contributed by atoms with Crippen molar-refractivity contribution in [3.8, 4) is 0 Å². The van der Waals surface area contributed by atoms with E-state index >= 15 is 0 Å². The number of aromatic amines is 2. The molecule has 8 nitrogen and oxygen atoms in total. The van der Waals surface area contributed by atoms with Crippen LogP contribution in [0.1, 0.15) is 13.3 Å². The van der Waals surface area contributed by atoms with Crippen LogP contribution >= 0.6 is 0 Å². The van der Waals surface area contributed by atoms with E-state index in [9.17, 15) is 18.0 Å². The van der Waals surface area contributed by atoms with E-state index in [-0.39, 0.29) is 30.0 Å². The lowest BCUT2D eigenvalue weighted by Crippen LogP contribution is -2.26. The number of benzene rings is 1. The van der Waals surface area contributed by atoms with Crippen molar-refractivity contribution >= 4 is 37.8 Å². The molecule has 0 radical (unpaired) electrons. The summed E-state index contributed by atoms with van der Waals surface area (Å²) < 4.78 is 32.0. The Kier molecular flexibility index (Phi) is 4.60. The molecule has 0 aliphatic rings. The van der Waals surface area contributed by atoms with Gasteiger partial charge in [0.05, 0.1) is 17.9 Å². The molecule has 0 bridgehead atoms. The molecule has 3 aromatic rings. The third kappa shape index (κ3) is 3.42. The Morgan fingerprint density at radius 1 is 1.24 bits per heavy atom. The molecule has 1 aromatic carbocycles. The number of ether oxygens (including phenoxy) is 1. The van der Waals surface area contributed by atoms with Crippen molar-refractivity contribution in [2.75, 3.05) is 13.2 Å². The van der Waals surface area contributed by atoms with Gasteiger partial charge < -0.3 is 14.7 Å². The zero-order valence-electron chi connectivity index (χ0n) is 13.5. The molecule has 0 atom stereocenters. The minimum atomic E-state index is -3.78. The largest absolute Gasteiger partial charge is 0.466 e. The maximum atomic E-state index is 12.4. The van der Waals surface area contributed by atoms with Crippen molar-refractivity contribution in [2.24, 2.45) is 0 Å². The van der Waals surface area contributed by atoms with E-state index in [0.717, 1.165) is 0 Å². The lowest BCUT2D eigenvalue weighted by Gasteiger charge is -2.08. The monoisotopic (exact) mass is 363 g/mol. The predicted molar refractivity (Wildman–Crippen MR) is 92.9 cm³/mol. The summed E-state index contributed by atoms with van der Waals surface area (Å²) in [4.78, 5) is 28.8. The molecule has 0 spiro atoms. The number of rotatable bonds is 6. The Hall–Kier alpha value is -2.65. The number of hydrogen-bond acceptors (Lipinski definition) is 5. The lowest BCUT2D eigenvalue weighted by atomic mass is 10.1. The topological polar surface area (TPSA) is 121 Å². The van der Waals surface area contributed by atoms with E-state index in [1.807, 2.05) is 0 Å². The van der Waals surface area contributed by atoms with Gasteiger partial charge in [-0.3, -0.25) is 9.59 Å². The van der Waals surface area contributed by atoms with E-state index < -0.39 is 16.0 Å². The van der Waals surface area contributed by atoms with Crippen LogP contribution in [0, 0.1) is 0 Å². The standard InChI is InChI=1S/C16H17N3O5S/c1-2-24-14(20)6-8-18-25(22,23)10-3-4-13-12(9-10)11-5-7-17-15(11)16(21)19-13/h3-5,7,9,17-18H,2,6,8H2,1H3,(H,19,21). The van der Waals surface area contributed by atoms with Crippen molar-refractivity contribution in [3.05, 3.63) is 40.8 Å². The summed E-state index contributed by atoms with van der Waals surface area (Å²) in [6.07, 6.45) is 1.58. The van der Waals surface area contributed by atoms with Gasteiger partial charge in [-0.15, -0.1) is 0 Å². The van der Waals surface area contributed by atoms with Gasteiger partial charge >= 0.3 is 5.97 Å². The van der Waals surface area contributed by atoms with Crippen LogP contribution in [0.25, 0.3) is 21.8 Å². The van der Waals surface area contributed by atoms with Crippen molar-refractivity contribution in [1.82, 2.24) is 14.7 Å². The zero-order valence-corrected chi connectivity index (χ0v) is 14.3. The van der Waals surface area contributed by atoms with Crippen LogP contribution in [0.2, 0.25) is 0 Å². The first-order valence-electron chi connectivity index (χ1n) is 7.71. The second-order valence-corrected chi connectivity index (χ2v) is 7.15. The number of hydrogen-bond donors (Lipinski definition) is 3. The molecule has 0 saturated heterocycles. The van der Waals surface area contributed by atoms with Gasteiger partial charge in [-0.2, -0.15) is 0 Å². The van der Waals surface area contributed by atoms with Crippen LogP contribution in [-0.4, -0.2) is 37.5 Å². The van der Waals surface area contributed by atoms with Gasteiger partial charge in [0.15, 0.2) is 0 Å². The molecule has 0 amide bonds. The second kappa shape index (κ2) is 6.69. The van der Waals surface area contributed by atoms with Gasteiger partial charge in [-0.25, -0.2) is 13.1 Å². The molecular formula is C16H17N3O5S. The number of sulfonamides is 1. The number of esters is 1. The molecule has 0 saturated carbocycles. The van der Waals surface area contributed by atoms with Crippen LogP contribution in [0.4, 0.5) is 0 Å². The number of fused-ring (bicyclic) bond motifs is 3. The molecule has 2 aromatic heterocycles. The maximum absolute atomic E-state index is 12.4. The molecule has 3 rings (SSSR count). The first kappa shape index (κ1) is 17.2. The highest BCUT2D eigenvalue weighted by atomic mass is 32.2. The normalized spacial score (nSPS) is 11.9. The van der Waals surface area contributed by atoms with Crippen LogP contribution < -0.4 is 10.3 Å². The molecular weight excluding hydrogens is 346 g/mol. The quantitative estimate of drug-likeness (QED) is 0.569. The summed E-state index contributed by atoms with van der Waals surface area (Å²) in [6, 6.07) is 6.16. The summed E-state index contributed by atoms with van der Waals surface area (Å²) >= 11 is 0. The van der Waals surface area contributed by atoms with Crippen molar-refractivity contribution < 1.29 is 17.9 Å². The SMILES string of the molecule is CCOC(=O)CCNS(=O)(=O)c1ccc2[nH]c(=O)c3[nH]ccc3c2c1. The van der Waals surface area contributed by atoms with Gasteiger partial charge in [0.25, 0.3) is 5.56 Å². The summed E-state index contributed by atoms with van der Waals surface area (Å²) in [7, 11) is -3.78. The highest BCUT2D eigenvalue weighted by Gasteiger charge is 2.16. The van der Waals surface area contributed by atoms with Gasteiger partial charge in [0.2, 0.25) is 10.0 Å². The van der Waals surface area contributed by atoms with Gasteiger partial charge in [0, 0.05) is 29.0 Å². The third-order valence-corrected chi connectivity index (χ3v) is 5.20. The van der Waals surface area contributed by atoms with Crippen LogP contribution in [-0.2, 0) is 19.6 Å². The Bertz CT molecular complexity index is 1100. The smallest absolute Gasteiger partial charge is 0.307 e. The third-order valence-electron chi connectivity index (χ3n) is 3.74. The summed E-state index contributed by atoms with van der Waals surface area (Å²) in [5.74, 6) is -0.463. The Balaban J connectivity index is 1.91. The Morgan fingerprint density at radius 2 is 2.04 bits per heavy atom. The zero-order chi connectivity index (χ0) is 18.0. The molecule has 0 aliphatic heterocycles. The Labute approximate surface area is 143 Å². The van der Waals surface area contributed by atoms with Crippen LogP contribution in [0.3, 0.4) is 0 Å². The molecule has 9 heteroatoms. The Morgan fingerprint density at radius 3 is 2.80 bits per heavy atom. The highest BCUT2D eigenvalue weighted by Crippen LogP contribution is 2.23. The van der Waals surface area contributed by atoms with Crippen molar-refractivity contribution in [1.29, 1.82) is 0 Å². The summed E-state index contributed by atoms with van der Waals surface area (Å²) in [5.41, 5.74) is 0.663. The van der Waals surface area contributed by atoms with Gasteiger partial charge in [-0.1, -0.05) is 0 Å². The lowest BCUT2D eigenvalue weighted by molar-refractivity contribution is -0.142. The van der Waals surface area contributed by atoms with Gasteiger partial charge in [0.1, 0.15) is 5.52 Å². The fourth-order valence-corrected chi connectivity index (χ4v) is 3.65.